The van der Waals surface area contributed by atoms with Gasteiger partial charge in [0.15, 0.2) is 0 Å². The van der Waals surface area contributed by atoms with Crippen LogP contribution in [0, 0.1) is 34.1 Å². The smallest absolute Gasteiger partial charge is 0.312 e. The lowest BCUT2D eigenvalue weighted by molar-refractivity contribution is -0.386. The molecule has 0 aliphatic carbocycles. The van der Waals surface area contributed by atoms with E-state index in [4.69, 9.17) is 4.74 Å². The van der Waals surface area contributed by atoms with Gasteiger partial charge in [0.25, 0.3) is 5.69 Å². The average Bonchev–Trinajstić information content (AvgIpc) is 3.00. The van der Waals surface area contributed by atoms with E-state index in [-0.39, 0.29) is 41.5 Å². The predicted molar refractivity (Wildman–Crippen MR) is 109 cm³/mol. The largest absolute Gasteiger partial charge is 0.455 e. The molecule has 12 nitrogen and oxygen atoms in total. The van der Waals surface area contributed by atoms with Crippen LogP contribution in [-0.4, -0.2) is 30.5 Å². The predicted octanol–water partition coefficient (Wildman–Crippen LogP) is 3.53. The van der Waals surface area contributed by atoms with Crippen LogP contribution >= 0.6 is 0 Å². The maximum Gasteiger partial charge on any atom is 0.312 e. The minimum absolute atomic E-state index is 0.0411. The number of anilines is 1. The molecule has 1 N–H and O–H groups in total. The van der Waals surface area contributed by atoms with Crippen molar-refractivity contribution in [3.8, 4) is 11.5 Å². The molecule has 0 unspecified atom stereocenters. The first-order valence-corrected chi connectivity index (χ1v) is 9.10. The van der Waals surface area contributed by atoms with Gasteiger partial charge in [0, 0.05) is 24.8 Å². The lowest BCUT2D eigenvalue weighted by atomic mass is 10.2. The lowest BCUT2D eigenvalue weighted by Gasteiger charge is -2.09. The van der Waals surface area contributed by atoms with Gasteiger partial charge in [-0.25, -0.2) is 0 Å². The van der Waals surface area contributed by atoms with Crippen molar-refractivity contribution in [3.63, 3.8) is 0 Å². The van der Waals surface area contributed by atoms with Crippen molar-refractivity contribution in [2.75, 3.05) is 5.32 Å². The molecule has 0 fully saturated rings. The number of hydrogen-bond acceptors (Lipinski definition) is 8. The summed E-state index contributed by atoms with van der Waals surface area (Å²) >= 11 is 0. The molecular formula is C19H18N6O6. The second-order valence-corrected chi connectivity index (χ2v) is 6.56. The zero-order valence-corrected chi connectivity index (χ0v) is 16.6. The van der Waals surface area contributed by atoms with Crippen LogP contribution in [0.5, 0.6) is 11.5 Å². The van der Waals surface area contributed by atoms with Crippen LogP contribution in [0.25, 0.3) is 0 Å². The number of nitrogens with one attached hydrogen (secondary N) is 1. The number of carbonyl (C=O) groups excluding carboxylic acids is 1. The number of aromatic nitrogens is 3. The fourth-order valence-corrected chi connectivity index (χ4v) is 2.96. The maximum absolute atomic E-state index is 12.4. The summed E-state index contributed by atoms with van der Waals surface area (Å²) in [5, 5.41) is 29.0. The normalized spacial score (nSPS) is 10.5. The summed E-state index contributed by atoms with van der Waals surface area (Å²) in [7, 11) is 0. The molecule has 0 saturated carbocycles. The quantitative estimate of drug-likeness (QED) is 0.423. The molecule has 0 spiro atoms. The molecule has 2 heterocycles. The van der Waals surface area contributed by atoms with Crippen molar-refractivity contribution in [3.05, 3.63) is 74.3 Å². The van der Waals surface area contributed by atoms with Crippen LogP contribution in [0.1, 0.15) is 17.8 Å². The molecule has 31 heavy (non-hydrogen) atoms. The van der Waals surface area contributed by atoms with E-state index < -0.39 is 15.8 Å². The van der Waals surface area contributed by atoms with Gasteiger partial charge in [-0.1, -0.05) is 0 Å². The third-order valence-corrected chi connectivity index (χ3v) is 4.33. The van der Waals surface area contributed by atoms with E-state index >= 15 is 0 Å². The Morgan fingerprint density at radius 3 is 2.55 bits per heavy atom. The molecule has 1 aromatic carbocycles. The highest BCUT2D eigenvalue weighted by atomic mass is 16.6. The van der Waals surface area contributed by atoms with Gasteiger partial charge in [-0.15, -0.1) is 0 Å². The Labute approximate surface area is 175 Å². The summed E-state index contributed by atoms with van der Waals surface area (Å²) in [5.41, 5.74) is 0.441. The number of benzene rings is 1. The number of nitro groups is 2. The van der Waals surface area contributed by atoms with Gasteiger partial charge in [-0.3, -0.25) is 34.7 Å². The summed E-state index contributed by atoms with van der Waals surface area (Å²) in [6.45, 7) is 3.19. The van der Waals surface area contributed by atoms with Crippen molar-refractivity contribution < 1.29 is 19.4 Å². The van der Waals surface area contributed by atoms with Crippen LogP contribution in [0.3, 0.4) is 0 Å². The standard InChI is InChI=1S/C19H18N6O6/c1-12-19(25(29)30)13(2)23(22-12)7-5-18(26)21-14-8-15(24(27)28)10-17(9-14)31-16-4-3-6-20-11-16/h3-4,6,8-11H,5,7H2,1-2H3,(H,21,26). The third-order valence-electron chi connectivity index (χ3n) is 4.33. The van der Waals surface area contributed by atoms with E-state index in [2.05, 4.69) is 15.4 Å². The number of aryl methyl sites for hydroxylation is 2. The minimum Gasteiger partial charge on any atom is -0.455 e. The highest BCUT2D eigenvalue weighted by molar-refractivity contribution is 5.91. The Hall–Kier alpha value is -4.35. The van der Waals surface area contributed by atoms with Gasteiger partial charge in [0.1, 0.15) is 22.9 Å². The van der Waals surface area contributed by atoms with E-state index in [1.807, 2.05) is 0 Å². The van der Waals surface area contributed by atoms with E-state index in [1.54, 1.807) is 25.3 Å². The molecule has 0 aliphatic rings. The second-order valence-electron chi connectivity index (χ2n) is 6.56. The highest BCUT2D eigenvalue weighted by Gasteiger charge is 2.22. The molecule has 160 valence electrons. The third kappa shape index (κ3) is 5.18. The number of hydrogen-bond donors (Lipinski definition) is 1. The van der Waals surface area contributed by atoms with E-state index in [9.17, 15) is 25.0 Å². The Morgan fingerprint density at radius 2 is 1.94 bits per heavy atom. The van der Waals surface area contributed by atoms with Crippen molar-refractivity contribution >= 4 is 23.0 Å². The number of amides is 1. The molecule has 0 saturated heterocycles. The van der Waals surface area contributed by atoms with Crippen LogP contribution in [0.2, 0.25) is 0 Å². The summed E-state index contributed by atoms with van der Waals surface area (Å²) < 4.78 is 6.96. The SMILES string of the molecule is Cc1nn(CCC(=O)Nc2cc(Oc3cccnc3)cc([N+](=O)[O-])c2)c(C)c1[N+](=O)[O-]. The molecule has 3 rings (SSSR count). The van der Waals surface area contributed by atoms with Gasteiger partial charge < -0.3 is 10.1 Å². The monoisotopic (exact) mass is 426 g/mol. The Bertz CT molecular complexity index is 1140. The van der Waals surface area contributed by atoms with Crippen molar-refractivity contribution in [2.45, 2.75) is 26.8 Å². The van der Waals surface area contributed by atoms with E-state index in [1.165, 1.54) is 36.0 Å². The van der Waals surface area contributed by atoms with Gasteiger partial charge in [-0.2, -0.15) is 5.10 Å². The maximum atomic E-state index is 12.4. The van der Waals surface area contributed by atoms with E-state index in [0.29, 0.717) is 11.4 Å². The summed E-state index contributed by atoms with van der Waals surface area (Å²) in [4.78, 5) is 37.5. The van der Waals surface area contributed by atoms with Gasteiger partial charge in [-0.05, 0) is 26.0 Å². The molecule has 0 radical (unpaired) electrons. The Morgan fingerprint density at radius 1 is 1.16 bits per heavy atom. The fourth-order valence-electron chi connectivity index (χ4n) is 2.96. The van der Waals surface area contributed by atoms with Crippen LogP contribution in [-0.2, 0) is 11.3 Å². The number of nitrogens with zero attached hydrogens (tertiary/aromatic N) is 5. The van der Waals surface area contributed by atoms with Crippen molar-refractivity contribution in [1.82, 2.24) is 14.8 Å². The topological polar surface area (TPSA) is 155 Å². The molecule has 12 heteroatoms. The number of rotatable bonds is 8. The molecule has 3 aromatic rings. The zero-order valence-electron chi connectivity index (χ0n) is 16.6. The van der Waals surface area contributed by atoms with Crippen molar-refractivity contribution in [2.24, 2.45) is 0 Å². The van der Waals surface area contributed by atoms with Crippen LogP contribution < -0.4 is 10.1 Å². The molecule has 0 aliphatic heterocycles. The number of nitro benzene ring substituents is 1. The average molecular weight is 426 g/mol. The van der Waals surface area contributed by atoms with Gasteiger partial charge in [0.05, 0.1) is 34.3 Å². The number of pyridine rings is 1. The molecular weight excluding hydrogens is 408 g/mol. The first kappa shape index (κ1) is 21.4. The second kappa shape index (κ2) is 8.98. The number of carbonyl (C=O) groups is 1. The van der Waals surface area contributed by atoms with Gasteiger partial charge in [0.2, 0.25) is 5.91 Å². The summed E-state index contributed by atoms with van der Waals surface area (Å²) in [6.07, 6.45) is 2.97. The summed E-state index contributed by atoms with van der Waals surface area (Å²) in [5.74, 6) is 0.0982. The highest BCUT2D eigenvalue weighted by Crippen LogP contribution is 2.29. The van der Waals surface area contributed by atoms with Crippen molar-refractivity contribution in [1.29, 1.82) is 0 Å². The van der Waals surface area contributed by atoms with Gasteiger partial charge >= 0.3 is 5.69 Å². The first-order chi connectivity index (χ1) is 14.7. The van der Waals surface area contributed by atoms with E-state index in [0.717, 1.165) is 0 Å². The lowest BCUT2D eigenvalue weighted by Crippen LogP contribution is -2.16. The first-order valence-electron chi connectivity index (χ1n) is 9.10. The minimum atomic E-state index is -0.596. The van der Waals surface area contributed by atoms with Crippen LogP contribution in [0.15, 0.2) is 42.7 Å². The number of ether oxygens (including phenoxy) is 1. The summed E-state index contributed by atoms with van der Waals surface area (Å²) in [6, 6.07) is 7.18. The molecule has 0 bridgehead atoms. The zero-order chi connectivity index (χ0) is 22.5. The Kier molecular flexibility index (Phi) is 6.19. The molecule has 1 amide bonds. The van der Waals surface area contributed by atoms with Crippen LogP contribution in [0.4, 0.5) is 17.1 Å². The molecule has 0 atom stereocenters. The Balaban J connectivity index is 1.72. The fraction of sp³-hybridized carbons (Fsp3) is 0.211. The molecule has 2 aromatic heterocycles. The number of non-ortho nitro benzene ring substituents is 1.